The van der Waals surface area contributed by atoms with Gasteiger partial charge in [-0.15, -0.1) is 11.8 Å². The average molecular weight is 301 g/mol. The van der Waals surface area contributed by atoms with Crippen LogP contribution in [0, 0.1) is 0 Å². The van der Waals surface area contributed by atoms with Crippen LogP contribution in [0.15, 0.2) is 35.2 Å². The third-order valence-electron chi connectivity index (χ3n) is 3.36. The quantitative estimate of drug-likeness (QED) is 0.933. The second kappa shape index (κ2) is 6.35. The van der Waals surface area contributed by atoms with Crippen LogP contribution in [-0.2, 0) is 6.42 Å². The topological polar surface area (TPSA) is 47.0 Å². The van der Waals surface area contributed by atoms with E-state index >= 15 is 0 Å². The number of ether oxygens (including phenoxy) is 1. The zero-order chi connectivity index (χ0) is 14.7. The summed E-state index contributed by atoms with van der Waals surface area (Å²) in [6, 6.07) is 10.1. The Morgan fingerprint density at radius 1 is 1.33 bits per heavy atom. The van der Waals surface area contributed by atoms with Gasteiger partial charge in [-0.2, -0.15) is 0 Å². The van der Waals surface area contributed by atoms with Crippen LogP contribution in [0.4, 0.5) is 5.82 Å². The maximum absolute atomic E-state index is 6.08. The molecule has 0 saturated carbocycles. The minimum Gasteiger partial charge on any atom is -0.480 e. The normalized spacial score (nSPS) is 17.0. The third kappa shape index (κ3) is 3.13. The van der Waals surface area contributed by atoms with Gasteiger partial charge in [0.15, 0.2) is 11.9 Å². The number of hydrogen-bond donors (Lipinski definition) is 1. The molecule has 3 rings (SSSR count). The molecule has 1 N–H and O–H groups in total. The molecule has 1 aromatic carbocycles. The van der Waals surface area contributed by atoms with Gasteiger partial charge in [0.25, 0.3) is 0 Å². The van der Waals surface area contributed by atoms with Gasteiger partial charge in [-0.3, -0.25) is 0 Å². The lowest BCUT2D eigenvalue weighted by Crippen LogP contribution is -2.19. The van der Waals surface area contributed by atoms with Gasteiger partial charge in [0.2, 0.25) is 0 Å². The van der Waals surface area contributed by atoms with E-state index in [1.165, 1.54) is 4.90 Å². The molecule has 1 aromatic heterocycles. The van der Waals surface area contributed by atoms with E-state index < -0.39 is 0 Å². The molecule has 1 aliphatic rings. The summed E-state index contributed by atoms with van der Waals surface area (Å²) in [5, 5.41) is 3.11. The lowest BCUT2D eigenvalue weighted by atomic mass is 10.2. The SMILES string of the molecule is CCCc1cc(NC)nc(C2CSc3ccccc3O2)n1. The predicted molar refractivity (Wildman–Crippen MR) is 86.1 cm³/mol. The Kier molecular flexibility index (Phi) is 4.29. The van der Waals surface area contributed by atoms with Crippen molar-refractivity contribution in [3.05, 3.63) is 41.9 Å². The molecule has 21 heavy (non-hydrogen) atoms. The largest absolute Gasteiger partial charge is 0.480 e. The van der Waals surface area contributed by atoms with Crippen LogP contribution in [0.2, 0.25) is 0 Å². The Bertz CT molecular complexity index is 633. The molecule has 0 amide bonds. The van der Waals surface area contributed by atoms with Gasteiger partial charge in [-0.1, -0.05) is 25.5 Å². The summed E-state index contributed by atoms with van der Waals surface area (Å²) >= 11 is 1.80. The number of thioether (sulfide) groups is 1. The van der Waals surface area contributed by atoms with E-state index in [1.807, 2.05) is 31.3 Å². The predicted octanol–water partition coefficient (Wildman–Crippen LogP) is 3.70. The number of benzene rings is 1. The Labute approximate surface area is 129 Å². The number of nitrogens with zero attached hydrogens (tertiary/aromatic N) is 2. The summed E-state index contributed by atoms with van der Waals surface area (Å²) < 4.78 is 6.08. The van der Waals surface area contributed by atoms with Gasteiger partial charge in [-0.05, 0) is 18.6 Å². The molecule has 1 unspecified atom stereocenters. The van der Waals surface area contributed by atoms with E-state index in [1.54, 1.807) is 11.8 Å². The van der Waals surface area contributed by atoms with E-state index in [2.05, 4.69) is 28.3 Å². The first-order valence-electron chi connectivity index (χ1n) is 7.24. The highest BCUT2D eigenvalue weighted by Gasteiger charge is 2.24. The molecule has 0 fully saturated rings. The van der Waals surface area contributed by atoms with Crippen molar-refractivity contribution < 1.29 is 4.74 Å². The number of aromatic nitrogens is 2. The Morgan fingerprint density at radius 2 is 2.19 bits per heavy atom. The van der Waals surface area contributed by atoms with Crippen LogP contribution in [0.1, 0.15) is 31.0 Å². The number of para-hydroxylation sites is 1. The van der Waals surface area contributed by atoms with Crippen LogP contribution < -0.4 is 10.1 Å². The number of rotatable bonds is 4. The summed E-state index contributed by atoms with van der Waals surface area (Å²) in [6.07, 6.45) is 1.94. The molecule has 110 valence electrons. The van der Waals surface area contributed by atoms with E-state index in [-0.39, 0.29) is 6.10 Å². The van der Waals surface area contributed by atoms with Crippen molar-refractivity contribution in [1.82, 2.24) is 9.97 Å². The van der Waals surface area contributed by atoms with Gasteiger partial charge < -0.3 is 10.1 Å². The van der Waals surface area contributed by atoms with Crippen molar-refractivity contribution in [2.75, 3.05) is 18.1 Å². The molecule has 1 atom stereocenters. The van der Waals surface area contributed by atoms with Crippen LogP contribution >= 0.6 is 11.8 Å². The fourth-order valence-electron chi connectivity index (χ4n) is 2.32. The maximum Gasteiger partial charge on any atom is 0.172 e. The minimum absolute atomic E-state index is 0.0891. The first-order chi connectivity index (χ1) is 10.3. The molecule has 0 aliphatic carbocycles. The van der Waals surface area contributed by atoms with Crippen LogP contribution in [-0.4, -0.2) is 22.8 Å². The monoisotopic (exact) mass is 301 g/mol. The average Bonchev–Trinajstić information content (AvgIpc) is 2.54. The number of anilines is 1. The Hall–Kier alpha value is -1.75. The second-order valence-corrected chi connectivity index (χ2v) is 6.03. The Morgan fingerprint density at radius 3 is 3.00 bits per heavy atom. The second-order valence-electron chi connectivity index (χ2n) is 4.97. The lowest BCUT2D eigenvalue weighted by Gasteiger charge is -2.25. The first kappa shape index (κ1) is 14.2. The maximum atomic E-state index is 6.08. The summed E-state index contributed by atoms with van der Waals surface area (Å²) in [5.74, 6) is 3.40. The van der Waals surface area contributed by atoms with Crippen molar-refractivity contribution in [3.63, 3.8) is 0 Å². The molecule has 0 spiro atoms. The van der Waals surface area contributed by atoms with E-state index in [0.29, 0.717) is 0 Å². The molecule has 5 heteroatoms. The van der Waals surface area contributed by atoms with Gasteiger partial charge >= 0.3 is 0 Å². The molecule has 0 bridgehead atoms. The van der Waals surface area contributed by atoms with Crippen LogP contribution in [0.5, 0.6) is 5.75 Å². The Balaban J connectivity index is 1.89. The van der Waals surface area contributed by atoms with Crippen molar-refractivity contribution in [2.24, 2.45) is 0 Å². The molecule has 0 saturated heterocycles. The lowest BCUT2D eigenvalue weighted by molar-refractivity contribution is 0.210. The van der Waals surface area contributed by atoms with Crippen molar-refractivity contribution in [3.8, 4) is 5.75 Å². The molecular weight excluding hydrogens is 282 g/mol. The van der Waals surface area contributed by atoms with E-state index in [4.69, 9.17) is 4.74 Å². The van der Waals surface area contributed by atoms with Gasteiger partial charge in [0, 0.05) is 29.5 Å². The van der Waals surface area contributed by atoms with Gasteiger partial charge in [0.1, 0.15) is 11.6 Å². The molecule has 2 heterocycles. The number of hydrogen-bond acceptors (Lipinski definition) is 5. The summed E-state index contributed by atoms with van der Waals surface area (Å²) in [7, 11) is 1.88. The van der Waals surface area contributed by atoms with Crippen LogP contribution in [0.25, 0.3) is 0 Å². The third-order valence-corrected chi connectivity index (χ3v) is 4.47. The number of aryl methyl sites for hydroxylation is 1. The fourth-order valence-corrected chi connectivity index (χ4v) is 3.30. The standard InChI is InChI=1S/C16H19N3OS/c1-3-6-11-9-15(17-2)19-16(18-11)13-10-21-14-8-5-4-7-12(14)20-13/h4-5,7-9,13H,3,6,10H2,1-2H3,(H,17,18,19). The first-order valence-corrected chi connectivity index (χ1v) is 8.22. The summed E-state index contributed by atoms with van der Waals surface area (Å²) in [6.45, 7) is 2.16. The molecule has 0 radical (unpaired) electrons. The zero-order valence-electron chi connectivity index (χ0n) is 12.3. The molecular formula is C16H19N3OS. The van der Waals surface area contributed by atoms with Crippen molar-refractivity contribution in [2.45, 2.75) is 30.8 Å². The fraction of sp³-hybridized carbons (Fsp3) is 0.375. The zero-order valence-corrected chi connectivity index (χ0v) is 13.1. The summed E-state index contributed by atoms with van der Waals surface area (Å²) in [5.41, 5.74) is 1.07. The number of nitrogens with one attached hydrogen (secondary N) is 1. The van der Waals surface area contributed by atoms with Crippen molar-refractivity contribution in [1.29, 1.82) is 0 Å². The van der Waals surface area contributed by atoms with Crippen LogP contribution in [0.3, 0.4) is 0 Å². The molecule has 4 nitrogen and oxygen atoms in total. The highest BCUT2D eigenvalue weighted by Crippen LogP contribution is 2.39. The van der Waals surface area contributed by atoms with Gasteiger partial charge in [-0.25, -0.2) is 9.97 Å². The summed E-state index contributed by atoms with van der Waals surface area (Å²) in [4.78, 5) is 10.4. The highest BCUT2D eigenvalue weighted by atomic mass is 32.2. The minimum atomic E-state index is -0.0891. The molecule has 1 aliphatic heterocycles. The number of fused-ring (bicyclic) bond motifs is 1. The van der Waals surface area contributed by atoms with Gasteiger partial charge in [0.05, 0.1) is 0 Å². The van der Waals surface area contributed by atoms with E-state index in [0.717, 1.165) is 41.7 Å². The highest BCUT2D eigenvalue weighted by molar-refractivity contribution is 7.99. The smallest absolute Gasteiger partial charge is 0.172 e. The molecule has 2 aromatic rings. The van der Waals surface area contributed by atoms with Crippen molar-refractivity contribution >= 4 is 17.6 Å². The van der Waals surface area contributed by atoms with E-state index in [9.17, 15) is 0 Å².